The normalized spacial score (nSPS) is 10.7. The first-order valence-electron chi connectivity index (χ1n) is 4.87. The maximum absolute atomic E-state index is 8.75. The van der Waals surface area contributed by atoms with E-state index in [2.05, 4.69) is 18.4 Å². The van der Waals surface area contributed by atoms with Crippen LogP contribution >= 0.6 is 0 Å². The number of hydrogen-bond acceptors (Lipinski definition) is 3. The molecular weight excluding hydrogens is 166 g/mol. The number of rotatable bonds is 9. The van der Waals surface area contributed by atoms with Crippen LogP contribution in [0.3, 0.4) is 0 Å². The van der Waals surface area contributed by atoms with Gasteiger partial charge in [0.1, 0.15) is 0 Å². The average Bonchev–Trinajstić information content (AvgIpc) is 2.13. The molecule has 13 heavy (non-hydrogen) atoms. The Morgan fingerprint density at radius 1 is 1.38 bits per heavy atom. The zero-order valence-corrected chi connectivity index (χ0v) is 8.54. The Bertz CT molecular complexity index is 117. The van der Waals surface area contributed by atoms with E-state index in [1.54, 1.807) is 0 Å². The highest BCUT2D eigenvalue weighted by Crippen LogP contribution is 1.89. The Labute approximate surface area is 81.0 Å². The first kappa shape index (κ1) is 12.6. The summed E-state index contributed by atoms with van der Waals surface area (Å²) in [4.78, 5) is 2.11. The van der Waals surface area contributed by atoms with Gasteiger partial charge in [0, 0.05) is 26.2 Å². The van der Waals surface area contributed by atoms with Gasteiger partial charge in [-0.25, -0.2) is 0 Å². The van der Waals surface area contributed by atoms with Crippen LogP contribution in [0.4, 0.5) is 0 Å². The molecule has 0 aromatic rings. The highest BCUT2D eigenvalue weighted by molar-refractivity contribution is 4.72. The second-order valence-corrected chi connectivity index (χ2v) is 2.93. The van der Waals surface area contributed by atoms with Crippen LogP contribution < -0.4 is 0 Å². The average molecular weight is 187 g/mol. The molecule has 0 heterocycles. The molecule has 1 N–H and O–H groups in total. The summed E-state index contributed by atoms with van der Waals surface area (Å²) in [6.07, 6.45) is 2.90. The first-order valence-corrected chi connectivity index (χ1v) is 4.87. The van der Waals surface area contributed by atoms with Crippen molar-refractivity contribution in [2.45, 2.75) is 13.3 Å². The minimum absolute atomic E-state index is 0.196. The van der Waals surface area contributed by atoms with Crippen molar-refractivity contribution in [2.75, 3.05) is 39.5 Å². The van der Waals surface area contributed by atoms with Crippen LogP contribution in [0.25, 0.3) is 0 Å². The zero-order valence-electron chi connectivity index (χ0n) is 8.54. The molecule has 0 aliphatic carbocycles. The van der Waals surface area contributed by atoms with Crippen molar-refractivity contribution in [2.24, 2.45) is 0 Å². The zero-order chi connectivity index (χ0) is 9.94. The molecule has 3 nitrogen and oxygen atoms in total. The SMILES string of the molecule is C=CCN(CCO)CCOCCC. The molecule has 78 valence electrons. The third kappa shape index (κ3) is 7.96. The van der Waals surface area contributed by atoms with E-state index >= 15 is 0 Å². The van der Waals surface area contributed by atoms with Crippen LogP contribution in [-0.4, -0.2) is 49.5 Å². The Morgan fingerprint density at radius 2 is 2.15 bits per heavy atom. The van der Waals surface area contributed by atoms with Crippen LogP contribution in [0.1, 0.15) is 13.3 Å². The molecule has 0 bridgehead atoms. The number of aliphatic hydroxyl groups excluding tert-OH is 1. The standard InChI is InChI=1S/C10H21NO2/c1-3-5-11(6-8-12)7-10-13-9-4-2/h3,12H,1,4-10H2,2H3. The Morgan fingerprint density at radius 3 is 2.69 bits per heavy atom. The molecule has 0 atom stereocenters. The minimum Gasteiger partial charge on any atom is -0.395 e. The van der Waals surface area contributed by atoms with Gasteiger partial charge in [0.25, 0.3) is 0 Å². The molecule has 0 saturated carbocycles. The van der Waals surface area contributed by atoms with Crippen LogP contribution in [0.15, 0.2) is 12.7 Å². The van der Waals surface area contributed by atoms with Crippen molar-refractivity contribution < 1.29 is 9.84 Å². The summed E-state index contributed by atoms with van der Waals surface area (Å²) in [6.45, 7) is 9.89. The third-order valence-electron chi connectivity index (χ3n) is 1.70. The summed E-state index contributed by atoms with van der Waals surface area (Å²) < 4.78 is 5.35. The van der Waals surface area contributed by atoms with Crippen molar-refractivity contribution in [3.63, 3.8) is 0 Å². The van der Waals surface area contributed by atoms with Crippen molar-refractivity contribution in [1.82, 2.24) is 4.90 Å². The lowest BCUT2D eigenvalue weighted by molar-refractivity contribution is 0.101. The molecule has 0 spiro atoms. The van der Waals surface area contributed by atoms with Gasteiger partial charge in [-0.2, -0.15) is 0 Å². The van der Waals surface area contributed by atoms with Crippen molar-refractivity contribution in [1.29, 1.82) is 0 Å². The maximum Gasteiger partial charge on any atom is 0.0593 e. The van der Waals surface area contributed by atoms with E-state index in [0.29, 0.717) is 6.54 Å². The first-order chi connectivity index (χ1) is 6.35. The predicted molar refractivity (Wildman–Crippen MR) is 54.8 cm³/mol. The van der Waals surface area contributed by atoms with Gasteiger partial charge in [0.05, 0.1) is 13.2 Å². The Balaban J connectivity index is 3.38. The van der Waals surface area contributed by atoms with Crippen molar-refractivity contribution in [3.05, 3.63) is 12.7 Å². The molecule has 0 aliphatic rings. The van der Waals surface area contributed by atoms with Gasteiger partial charge in [-0.05, 0) is 6.42 Å². The number of ether oxygens (including phenoxy) is 1. The molecule has 0 saturated heterocycles. The molecule has 0 rings (SSSR count). The topological polar surface area (TPSA) is 32.7 Å². The highest BCUT2D eigenvalue weighted by Gasteiger charge is 2.00. The second-order valence-electron chi connectivity index (χ2n) is 2.93. The van der Waals surface area contributed by atoms with Crippen molar-refractivity contribution in [3.8, 4) is 0 Å². The van der Waals surface area contributed by atoms with E-state index in [0.717, 1.165) is 32.7 Å². The highest BCUT2D eigenvalue weighted by atomic mass is 16.5. The summed E-state index contributed by atoms with van der Waals surface area (Å²) in [5, 5.41) is 8.75. The van der Waals surface area contributed by atoms with Crippen LogP contribution in [0.5, 0.6) is 0 Å². The van der Waals surface area contributed by atoms with Gasteiger partial charge in [-0.15, -0.1) is 6.58 Å². The fourth-order valence-corrected chi connectivity index (χ4v) is 1.06. The Kier molecular flexibility index (Phi) is 9.42. The molecule has 0 aromatic carbocycles. The summed E-state index contributed by atoms with van der Waals surface area (Å²) in [5.41, 5.74) is 0. The predicted octanol–water partition coefficient (Wildman–Crippen LogP) is 0.893. The van der Waals surface area contributed by atoms with Crippen LogP contribution in [-0.2, 0) is 4.74 Å². The van der Waals surface area contributed by atoms with E-state index in [1.807, 2.05) is 6.08 Å². The smallest absolute Gasteiger partial charge is 0.0593 e. The Hall–Kier alpha value is -0.380. The lowest BCUT2D eigenvalue weighted by Crippen LogP contribution is -2.30. The second kappa shape index (κ2) is 9.71. The lowest BCUT2D eigenvalue weighted by atomic mass is 10.4. The number of aliphatic hydroxyl groups is 1. The summed E-state index contributed by atoms with van der Waals surface area (Å²) in [7, 11) is 0. The molecule has 0 amide bonds. The van der Waals surface area contributed by atoms with Gasteiger partial charge in [-0.3, -0.25) is 4.90 Å². The van der Waals surface area contributed by atoms with E-state index in [1.165, 1.54) is 0 Å². The van der Waals surface area contributed by atoms with E-state index in [4.69, 9.17) is 9.84 Å². The number of nitrogens with zero attached hydrogens (tertiary/aromatic N) is 1. The van der Waals surface area contributed by atoms with Crippen LogP contribution in [0, 0.1) is 0 Å². The van der Waals surface area contributed by atoms with Gasteiger partial charge >= 0.3 is 0 Å². The summed E-state index contributed by atoms with van der Waals surface area (Å²) in [6, 6.07) is 0. The van der Waals surface area contributed by atoms with E-state index < -0.39 is 0 Å². The quantitative estimate of drug-likeness (QED) is 0.430. The number of hydrogen-bond donors (Lipinski definition) is 1. The van der Waals surface area contributed by atoms with E-state index in [9.17, 15) is 0 Å². The fourth-order valence-electron chi connectivity index (χ4n) is 1.06. The third-order valence-corrected chi connectivity index (χ3v) is 1.70. The van der Waals surface area contributed by atoms with Gasteiger partial charge in [0.2, 0.25) is 0 Å². The van der Waals surface area contributed by atoms with Crippen LogP contribution in [0.2, 0.25) is 0 Å². The molecule has 3 heteroatoms. The maximum atomic E-state index is 8.75. The molecule has 0 radical (unpaired) electrons. The van der Waals surface area contributed by atoms with E-state index in [-0.39, 0.29) is 6.61 Å². The van der Waals surface area contributed by atoms with Gasteiger partial charge in [0.15, 0.2) is 0 Å². The molecular formula is C10H21NO2. The molecule has 0 aromatic heterocycles. The van der Waals surface area contributed by atoms with Gasteiger partial charge in [-0.1, -0.05) is 13.0 Å². The summed E-state index contributed by atoms with van der Waals surface area (Å²) in [5.74, 6) is 0. The minimum atomic E-state index is 0.196. The summed E-state index contributed by atoms with van der Waals surface area (Å²) >= 11 is 0. The molecule has 0 aliphatic heterocycles. The molecule has 0 fully saturated rings. The van der Waals surface area contributed by atoms with Crippen molar-refractivity contribution >= 4 is 0 Å². The monoisotopic (exact) mass is 187 g/mol. The lowest BCUT2D eigenvalue weighted by Gasteiger charge is -2.18. The molecule has 0 unspecified atom stereocenters. The fraction of sp³-hybridized carbons (Fsp3) is 0.800. The largest absolute Gasteiger partial charge is 0.395 e. The van der Waals surface area contributed by atoms with Gasteiger partial charge < -0.3 is 9.84 Å².